The lowest BCUT2D eigenvalue weighted by atomic mass is 10.0. The summed E-state index contributed by atoms with van der Waals surface area (Å²) >= 11 is 0. The van der Waals surface area contributed by atoms with Crippen LogP contribution in [0.15, 0.2) is 42.5 Å². The van der Waals surface area contributed by atoms with Gasteiger partial charge in [-0.1, -0.05) is 57.4 Å². The van der Waals surface area contributed by atoms with E-state index in [2.05, 4.69) is 13.5 Å². The molecule has 0 amide bonds. The van der Waals surface area contributed by atoms with Gasteiger partial charge in [-0.3, -0.25) is 0 Å². The molecule has 1 rings (SSSR count). The topological polar surface area (TPSA) is 55.8 Å². The molecule has 0 heterocycles. The molecule has 0 aliphatic rings. The molecule has 2 atom stereocenters. The maximum absolute atomic E-state index is 11.5. The molecule has 0 saturated heterocycles. The molecular formula is C20H30O4. The Balaban J connectivity index is 2.54. The normalized spacial score (nSPS) is 13.1. The lowest BCUT2D eigenvalue weighted by molar-refractivity contribution is -0.143. The third kappa shape index (κ3) is 8.16. The predicted molar refractivity (Wildman–Crippen MR) is 96.0 cm³/mol. The van der Waals surface area contributed by atoms with Gasteiger partial charge in [0.1, 0.15) is 24.6 Å². The molecule has 0 fully saturated rings. The van der Waals surface area contributed by atoms with E-state index >= 15 is 0 Å². The molecule has 1 aromatic carbocycles. The highest BCUT2D eigenvalue weighted by Gasteiger charge is 2.22. The summed E-state index contributed by atoms with van der Waals surface area (Å²) in [5.74, 6) is 0.219. The Morgan fingerprint density at radius 3 is 2.46 bits per heavy atom. The van der Waals surface area contributed by atoms with Crippen molar-refractivity contribution >= 4 is 5.97 Å². The van der Waals surface area contributed by atoms with Crippen molar-refractivity contribution in [1.29, 1.82) is 0 Å². The van der Waals surface area contributed by atoms with Crippen LogP contribution in [0, 0.1) is 0 Å². The fourth-order valence-electron chi connectivity index (χ4n) is 2.34. The zero-order chi connectivity index (χ0) is 17.8. The average molecular weight is 334 g/mol. The van der Waals surface area contributed by atoms with E-state index in [-0.39, 0.29) is 6.61 Å². The van der Waals surface area contributed by atoms with Crippen LogP contribution in [-0.4, -0.2) is 29.9 Å². The molecule has 0 spiro atoms. The number of carbonyl (C=O) groups excluding carboxylic acids is 1. The summed E-state index contributed by atoms with van der Waals surface area (Å²) in [6.07, 6.45) is 5.17. The van der Waals surface area contributed by atoms with E-state index in [1.54, 1.807) is 6.92 Å². The number of esters is 1. The van der Waals surface area contributed by atoms with Crippen LogP contribution in [-0.2, 0) is 9.53 Å². The molecule has 0 aliphatic carbocycles. The molecule has 0 aromatic heterocycles. The second-order valence-corrected chi connectivity index (χ2v) is 6.12. The number of ether oxygens (including phenoxy) is 2. The highest BCUT2D eigenvalue weighted by molar-refractivity contribution is 5.86. The second-order valence-electron chi connectivity index (χ2n) is 6.12. The van der Waals surface area contributed by atoms with Crippen molar-refractivity contribution in [3.05, 3.63) is 42.5 Å². The van der Waals surface area contributed by atoms with Gasteiger partial charge in [0.25, 0.3) is 0 Å². The standard InChI is InChI=1S/C20H30O4/c1-4-5-6-7-11-14-19(24-17-12-9-8-10-13-17)18(21)15-23-20(22)16(2)3/h8-10,12-13,18-19,21H,2,4-7,11,14-15H2,1,3H3. The molecule has 0 bridgehead atoms. The van der Waals surface area contributed by atoms with E-state index in [1.165, 1.54) is 19.3 Å². The first-order valence-electron chi connectivity index (χ1n) is 8.77. The minimum atomic E-state index is -0.861. The summed E-state index contributed by atoms with van der Waals surface area (Å²) < 4.78 is 11.0. The Morgan fingerprint density at radius 1 is 1.17 bits per heavy atom. The fourth-order valence-corrected chi connectivity index (χ4v) is 2.34. The van der Waals surface area contributed by atoms with Crippen molar-refractivity contribution in [1.82, 2.24) is 0 Å². The third-order valence-electron chi connectivity index (χ3n) is 3.79. The van der Waals surface area contributed by atoms with Crippen LogP contribution < -0.4 is 4.74 Å². The Morgan fingerprint density at radius 2 is 1.83 bits per heavy atom. The minimum Gasteiger partial charge on any atom is -0.488 e. The first kappa shape index (κ1) is 20.2. The first-order valence-corrected chi connectivity index (χ1v) is 8.77. The molecule has 0 saturated carbocycles. The van der Waals surface area contributed by atoms with E-state index in [0.717, 1.165) is 19.3 Å². The van der Waals surface area contributed by atoms with Crippen molar-refractivity contribution in [2.75, 3.05) is 6.61 Å². The van der Waals surface area contributed by atoms with Crippen molar-refractivity contribution in [3.63, 3.8) is 0 Å². The van der Waals surface area contributed by atoms with Crippen LogP contribution in [0.25, 0.3) is 0 Å². The van der Waals surface area contributed by atoms with Crippen LogP contribution in [0.4, 0.5) is 0 Å². The van der Waals surface area contributed by atoms with E-state index in [9.17, 15) is 9.90 Å². The second kappa shape index (κ2) is 11.7. The van der Waals surface area contributed by atoms with Crippen LogP contribution in [0.5, 0.6) is 5.75 Å². The average Bonchev–Trinajstić information content (AvgIpc) is 2.58. The van der Waals surface area contributed by atoms with Gasteiger partial charge >= 0.3 is 5.97 Å². The highest BCUT2D eigenvalue weighted by atomic mass is 16.6. The van der Waals surface area contributed by atoms with E-state index < -0.39 is 18.2 Å². The number of rotatable bonds is 12. The van der Waals surface area contributed by atoms with Gasteiger partial charge in [0.2, 0.25) is 0 Å². The molecule has 4 heteroatoms. The SMILES string of the molecule is C=C(C)C(=O)OCC(O)C(CCCCCCC)Oc1ccccc1. The number of unbranched alkanes of at least 4 members (excludes halogenated alkanes) is 4. The van der Waals surface area contributed by atoms with Gasteiger partial charge in [-0.25, -0.2) is 4.79 Å². The zero-order valence-electron chi connectivity index (χ0n) is 14.9. The summed E-state index contributed by atoms with van der Waals surface area (Å²) in [6.45, 7) is 7.22. The van der Waals surface area contributed by atoms with Gasteiger partial charge in [-0.05, 0) is 31.9 Å². The molecule has 0 radical (unpaired) electrons. The third-order valence-corrected chi connectivity index (χ3v) is 3.79. The van der Waals surface area contributed by atoms with Gasteiger partial charge in [0, 0.05) is 5.57 Å². The van der Waals surface area contributed by atoms with Gasteiger partial charge in [0.05, 0.1) is 0 Å². The van der Waals surface area contributed by atoms with Crippen LogP contribution >= 0.6 is 0 Å². The maximum atomic E-state index is 11.5. The summed E-state index contributed by atoms with van der Waals surface area (Å²) in [6, 6.07) is 9.41. The lowest BCUT2D eigenvalue weighted by Gasteiger charge is -2.24. The number of aliphatic hydroxyl groups is 1. The fraction of sp³-hybridized carbons (Fsp3) is 0.550. The molecule has 134 valence electrons. The van der Waals surface area contributed by atoms with Crippen LogP contribution in [0.3, 0.4) is 0 Å². The van der Waals surface area contributed by atoms with Crippen molar-refractivity contribution in [3.8, 4) is 5.75 Å². The van der Waals surface area contributed by atoms with Gasteiger partial charge < -0.3 is 14.6 Å². The number of hydrogen-bond acceptors (Lipinski definition) is 4. The number of aliphatic hydroxyl groups excluding tert-OH is 1. The minimum absolute atomic E-state index is 0.0852. The molecule has 1 aromatic rings. The predicted octanol–water partition coefficient (Wildman–Crippen LogP) is 4.27. The summed E-state index contributed by atoms with van der Waals surface area (Å²) in [5, 5.41) is 10.4. The summed E-state index contributed by atoms with van der Waals surface area (Å²) in [5.41, 5.74) is 0.322. The monoisotopic (exact) mass is 334 g/mol. The van der Waals surface area contributed by atoms with E-state index in [1.807, 2.05) is 30.3 Å². The van der Waals surface area contributed by atoms with Gasteiger partial charge in [-0.2, -0.15) is 0 Å². The van der Waals surface area contributed by atoms with Crippen molar-refractivity contribution in [2.45, 2.75) is 64.6 Å². The largest absolute Gasteiger partial charge is 0.488 e. The lowest BCUT2D eigenvalue weighted by Crippen LogP contribution is -2.36. The zero-order valence-corrected chi connectivity index (χ0v) is 14.9. The van der Waals surface area contributed by atoms with E-state index in [4.69, 9.17) is 9.47 Å². The highest BCUT2D eigenvalue weighted by Crippen LogP contribution is 2.18. The summed E-state index contributed by atoms with van der Waals surface area (Å²) in [7, 11) is 0. The quantitative estimate of drug-likeness (QED) is 0.352. The number of carbonyl (C=O) groups is 1. The maximum Gasteiger partial charge on any atom is 0.333 e. The Bertz CT molecular complexity index is 484. The van der Waals surface area contributed by atoms with Crippen molar-refractivity contribution < 1.29 is 19.4 Å². The van der Waals surface area contributed by atoms with Gasteiger partial charge in [-0.15, -0.1) is 0 Å². The molecule has 4 nitrogen and oxygen atoms in total. The molecule has 24 heavy (non-hydrogen) atoms. The molecule has 1 N–H and O–H groups in total. The Hall–Kier alpha value is -1.81. The Labute approximate surface area is 145 Å². The molecule has 0 aliphatic heterocycles. The van der Waals surface area contributed by atoms with E-state index in [0.29, 0.717) is 11.3 Å². The van der Waals surface area contributed by atoms with Gasteiger partial charge in [0.15, 0.2) is 0 Å². The first-order chi connectivity index (χ1) is 11.5. The molecule has 2 unspecified atom stereocenters. The summed E-state index contributed by atoms with van der Waals surface area (Å²) in [4.78, 5) is 11.5. The Kier molecular flexibility index (Phi) is 9.85. The number of para-hydroxylation sites is 1. The van der Waals surface area contributed by atoms with Crippen molar-refractivity contribution in [2.24, 2.45) is 0 Å². The number of benzene rings is 1. The van der Waals surface area contributed by atoms with Crippen LogP contribution in [0.1, 0.15) is 52.4 Å². The molecular weight excluding hydrogens is 304 g/mol. The smallest absolute Gasteiger partial charge is 0.333 e. The van der Waals surface area contributed by atoms with Crippen LogP contribution in [0.2, 0.25) is 0 Å². The number of hydrogen-bond donors (Lipinski definition) is 1.